The molecular formula is C22H26N4O2. The van der Waals surface area contributed by atoms with Gasteiger partial charge in [0.2, 0.25) is 5.91 Å². The van der Waals surface area contributed by atoms with Crippen molar-refractivity contribution in [2.45, 2.75) is 25.3 Å². The van der Waals surface area contributed by atoms with E-state index in [4.69, 9.17) is 9.72 Å². The number of benzene rings is 2. The molecule has 1 aliphatic heterocycles. The van der Waals surface area contributed by atoms with Crippen LogP contribution in [0.3, 0.4) is 0 Å². The number of fused-ring (bicyclic) bond motifs is 1. The molecule has 2 aromatic carbocycles. The minimum absolute atomic E-state index is 0.0381. The van der Waals surface area contributed by atoms with Crippen LogP contribution < -0.4 is 10.1 Å². The van der Waals surface area contributed by atoms with Gasteiger partial charge in [-0.25, -0.2) is 4.98 Å². The highest BCUT2D eigenvalue weighted by molar-refractivity contribution is 5.78. The Labute approximate surface area is 164 Å². The number of aromatic nitrogens is 2. The van der Waals surface area contributed by atoms with Gasteiger partial charge in [0, 0.05) is 24.6 Å². The molecule has 0 saturated carbocycles. The molecule has 1 atom stereocenters. The average molecular weight is 378 g/mol. The van der Waals surface area contributed by atoms with Crippen molar-refractivity contribution in [3.05, 3.63) is 59.9 Å². The van der Waals surface area contributed by atoms with Gasteiger partial charge in [0.1, 0.15) is 11.6 Å². The van der Waals surface area contributed by atoms with E-state index in [1.807, 2.05) is 42.5 Å². The number of methoxy groups -OCH3 is 1. The smallest absolute Gasteiger partial charge is 0.234 e. The molecule has 2 N–H and O–H groups in total. The van der Waals surface area contributed by atoms with Crippen molar-refractivity contribution in [3.8, 4) is 5.75 Å². The van der Waals surface area contributed by atoms with E-state index in [-0.39, 0.29) is 5.91 Å². The van der Waals surface area contributed by atoms with Crippen molar-refractivity contribution in [1.29, 1.82) is 0 Å². The number of likely N-dealkylation sites (tertiary alicyclic amines) is 1. The van der Waals surface area contributed by atoms with Crippen LogP contribution in [-0.4, -0.2) is 47.5 Å². The predicted octanol–water partition coefficient (Wildman–Crippen LogP) is 3.07. The number of aromatic amines is 1. The van der Waals surface area contributed by atoms with Crippen LogP contribution in [0.1, 0.15) is 30.1 Å². The Bertz CT molecular complexity index is 919. The normalized spacial score (nSPS) is 17.5. The van der Waals surface area contributed by atoms with Gasteiger partial charge >= 0.3 is 0 Å². The zero-order valence-electron chi connectivity index (χ0n) is 16.1. The number of H-pyrrole nitrogens is 1. The number of nitrogens with zero attached hydrogens (tertiary/aromatic N) is 2. The van der Waals surface area contributed by atoms with Crippen LogP contribution in [0.15, 0.2) is 48.5 Å². The molecule has 3 aromatic rings. The SMILES string of the molecule is COc1ccccc1CNC(=O)CN1CCC[C@H](c2nc3ccccc3[nH]2)C1. The molecule has 2 heterocycles. The monoisotopic (exact) mass is 378 g/mol. The molecule has 6 heteroatoms. The van der Waals surface area contributed by atoms with Crippen molar-refractivity contribution in [1.82, 2.24) is 20.2 Å². The Morgan fingerprint density at radius 3 is 2.93 bits per heavy atom. The Morgan fingerprint density at radius 1 is 1.25 bits per heavy atom. The first-order chi connectivity index (χ1) is 13.7. The van der Waals surface area contributed by atoms with Gasteiger partial charge in [-0.15, -0.1) is 0 Å². The second-order valence-corrected chi connectivity index (χ2v) is 7.30. The fourth-order valence-corrected chi connectivity index (χ4v) is 3.89. The first kappa shape index (κ1) is 18.5. The summed E-state index contributed by atoms with van der Waals surface area (Å²) in [4.78, 5) is 22.9. The average Bonchev–Trinajstić information content (AvgIpc) is 3.17. The lowest BCUT2D eigenvalue weighted by molar-refractivity contribution is -0.122. The second kappa shape index (κ2) is 8.44. The van der Waals surface area contributed by atoms with E-state index in [9.17, 15) is 4.79 Å². The van der Waals surface area contributed by atoms with Crippen molar-refractivity contribution in [2.24, 2.45) is 0 Å². The fourth-order valence-electron chi connectivity index (χ4n) is 3.89. The molecule has 1 amide bonds. The summed E-state index contributed by atoms with van der Waals surface area (Å²) in [7, 11) is 1.65. The maximum Gasteiger partial charge on any atom is 0.234 e. The minimum atomic E-state index is 0.0381. The second-order valence-electron chi connectivity index (χ2n) is 7.30. The third kappa shape index (κ3) is 4.17. The van der Waals surface area contributed by atoms with E-state index in [1.54, 1.807) is 7.11 Å². The number of ether oxygens (including phenoxy) is 1. The predicted molar refractivity (Wildman–Crippen MR) is 109 cm³/mol. The number of para-hydroxylation sites is 3. The molecule has 0 radical (unpaired) electrons. The number of hydrogen-bond donors (Lipinski definition) is 2. The highest BCUT2D eigenvalue weighted by Crippen LogP contribution is 2.26. The maximum atomic E-state index is 12.5. The molecule has 0 spiro atoms. The molecule has 4 rings (SSSR count). The summed E-state index contributed by atoms with van der Waals surface area (Å²) in [5.74, 6) is 2.20. The number of nitrogens with one attached hydrogen (secondary N) is 2. The number of imidazole rings is 1. The Balaban J connectivity index is 1.33. The molecule has 0 unspecified atom stereocenters. The zero-order chi connectivity index (χ0) is 19.3. The number of piperidine rings is 1. The fraction of sp³-hybridized carbons (Fsp3) is 0.364. The summed E-state index contributed by atoms with van der Waals surface area (Å²) < 4.78 is 5.34. The summed E-state index contributed by atoms with van der Waals surface area (Å²) in [5.41, 5.74) is 3.06. The molecule has 0 aliphatic carbocycles. The van der Waals surface area contributed by atoms with Gasteiger partial charge in [-0.05, 0) is 37.6 Å². The van der Waals surface area contributed by atoms with E-state index in [1.165, 1.54) is 0 Å². The van der Waals surface area contributed by atoms with Gasteiger partial charge in [0.05, 0.1) is 24.7 Å². The molecule has 146 valence electrons. The summed E-state index contributed by atoms with van der Waals surface area (Å²) in [6, 6.07) is 15.9. The quantitative estimate of drug-likeness (QED) is 0.692. The largest absolute Gasteiger partial charge is 0.496 e. The Kier molecular flexibility index (Phi) is 5.58. The highest BCUT2D eigenvalue weighted by Gasteiger charge is 2.25. The number of carbonyl (C=O) groups excluding carboxylic acids is 1. The molecule has 0 bridgehead atoms. The summed E-state index contributed by atoms with van der Waals surface area (Å²) in [6.45, 7) is 2.68. The summed E-state index contributed by atoms with van der Waals surface area (Å²) in [5, 5.41) is 3.01. The molecular weight excluding hydrogens is 352 g/mol. The molecule has 1 fully saturated rings. The maximum absolute atomic E-state index is 12.5. The van der Waals surface area contributed by atoms with Gasteiger partial charge in [-0.1, -0.05) is 30.3 Å². The number of amides is 1. The van der Waals surface area contributed by atoms with Crippen LogP contribution in [0.5, 0.6) is 5.75 Å². The minimum Gasteiger partial charge on any atom is -0.496 e. The van der Waals surface area contributed by atoms with Crippen molar-refractivity contribution in [2.75, 3.05) is 26.7 Å². The van der Waals surface area contributed by atoms with Gasteiger partial charge in [-0.3, -0.25) is 9.69 Å². The number of hydrogen-bond acceptors (Lipinski definition) is 4. The van der Waals surface area contributed by atoms with Gasteiger partial charge in [-0.2, -0.15) is 0 Å². The van der Waals surface area contributed by atoms with Gasteiger partial charge in [0.25, 0.3) is 0 Å². The van der Waals surface area contributed by atoms with Crippen LogP contribution in [0, 0.1) is 0 Å². The molecule has 6 nitrogen and oxygen atoms in total. The van der Waals surface area contributed by atoms with Gasteiger partial charge in [0.15, 0.2) is 0 Å². The highest BCUT2D eigenvalue weighted by atomic mass is 16.5. The summed E-state index contributed by atoms with van der Waals surface area (Å²) >= 11 is 0. The van der Waals surface area contributed by atoms with Crippen LogP contribution in [0.25, 0.3) is 11.0 Å². The standard InChI is InChI=1S/C22H26N4O2/c1-28-20-11-5-2-7-16(20)13-23-21(27)15-26-12-6-8-17(14-26)22-24-18-9-3-4-10-19(18)25-22/h2-5,7,9-11,17H,6,8,12-15H2,1H3,(H,23,27)(H,24,25)/t17-/m0/s1. The Hall–Kier alpha value is -2.86. The number of carbonyl (C=O) groups is 1. The summed E-state index contributed by atoms with van der Waals surface area (Å²) in [6.07, 6.45) is 2.17. The van der Waals surface area contributed by atoms with Crippen LogP contribution in [0.4, 0.5) is 0 Å². The van der Waals surface area contributed by atoms with E-state index in [2.05, 4.69) is 21.3 Å². The van der Waals surface area contributed by atoms with E-state index >= 15 is 0 Å². The van der Waals surface area contributed by atoms with E-state index in [0.29, 0.717) is 19.0 Å². The zero-order valence-corrected chi connectivity index (χ0v) is 16.1. The molecule has 28 heavy (non-hydrogen) atoms. The topological polar surface area (TPSA) is 70.2 Å². The third-order valence-corrected chi connectivity index (χ3v) is 5.34. The van der Waals surface area contributed by atoms with E-state index in [0.717, 1.165) is 54.1 Å². The number of rotatable bonds is 6. The molecule has 1 aliphatic rings. The Morgan fingerprint density at radius 2 is 2.07 bits per heavy atom. The van der Waals surface area contributed by atoms with Crippen molar-refractivity contribution in [3.63, 3.8) is 0 Å². The van der Waals surface area contributed by atoms with Crippen LogP contribution in [0.2, 0.25) is 0 Å². The first-order valence-corrected chi connectivity index (χ1v) is 9.78. The lowest BCUT2D eigenvalue weighted by Crippen LogP contribution is -2.42. The lowest BCUT2D eigenvalue weighted by Gasteiger charge is -2.31. The van der Waals surface area contributed by atoms with Gasteiger partial charge < -0.3 is 15.0 Å². The third-order valence-electron chi connectivity index (χ3n) is 5.34. The van der Waals surface area contributed by atoms with Crippen molar-refractivity contribution < 1.29 is 9.53 Å². The molecule has 1 aromatic heterocycles. The van der Waals surface area contributed by atoms with E-state index < -0.39 is 0 Å². The van der Waals surface area contributed by atoms with Crippen molar-refractivity contribution >= 4 is 16.9 Å². The first-order valence-electron chi connectivity index (χ1n) is 9.78. The van der Waals surface area contributed by atoms with Crippen LogP contribution in [-0.2, 0) is 11.3 Å². The molecule has 1 saturated heterocycles. The lowest BCUT2D eigenvalue weighted by atomic mass is 9.97. The van der Waals surface area contributed by atoms with Crippen LogP contribution >= 0.6 is 0 Å².